The van der Waals surface area contributed by atoms with Crippen LogP contribution < -0.4 is 5.73 Å². The standard InChI is InChI=1S/C15H23N3O/c16-7-4-8-17-9-11-18(12-10-17)15(19)13-14-5-2-1-3-6-14/h1-3,5-6H,4,7-13,16H2. The SMILES string of the molecule is NCCCN1CCN(C(=O)Cc2ccccc2)CC1. The first-order valence-electron chi connectivity index (χ1n) is 7.03. The molecule has 1 aliphatic rings. The number of nitrogens with two attached hydrogens (primary N) is 1. The van der Waals surface area contributed by atoms with E-state index >= 15 is 0 Å². The smallest absolute Gasteiger partial charge is 0.227 e. The van der Waals surface area contributed by atoms with E-state index in [9.17, 15) is 4.79 Å². The normalized spacial score (nSPS) is 16.6. The molecule has 1 heterocycles. The van der Waals surface area contributed by atoms with Gasteiger partial charge in [-0.1, -0.05) is 30.3 Å². The first-order chi connectivity index (χ1) is 9.29. The summed E-state index contributed by atoms with van der Waals surface area (Å²) in [4.78, 5) is 16.5. The van der Waals surface area contributed by atoms with Crippen molar-refractivity contribution >= 4 is 5.91 Å². The zero-order valence-electron chi connectivity index (χ0n) is 11.4. The van der Waals surface area contributed by atoms with Crippen molar-refractivity contribution in [2.45, 2.75) is 12.8 Å². The second kappa shape index (κ2) is 7.26. The number of hydrogen-bond acceptors (Lipinski definition) is 3. The molecule has 0 atom stereocenters. The first kappa shape index (κ1) is 14.0. The quantitative estimate of drug-likeness (QED) is 0.850. The molecule has 4 nitrogen and oxygen atoms in total. The molecule has 1 fully saturated rings. The highest BCUT2D eigenvalue weighted by Crippen LogP contribution is 2.07. The monoisotopic (exact) mass is 261 g/mol. The highest BCUT2D eigenvalue weighted by molar-refractivity contribution is 5.78. The van der Waals surface area contributed by atoms with E-state index in [1.54, 1.807) is 0 Å². The maximum absolute atomic E-state index is 12.2. The van der Waals surface area contributed by atoms with Gasteiger partial charge in [0, 0.05) is 26.2 Å². The van der Waals surface area contributed by atoms with Crippen LogP contribution in [0, 0.1) is 0 Å². The molecule has 0 saturated carbocycles. The van der Waals surface area contributed by atoms with Gasteiger partial charge in [0.05, 0.1) is 6.42 Å². The Morgan fingerprint density at radius 1 is 1.11 bits per heavy atom. The van der Waals surface area contributed by atoms with Crippen LogP contribution in [0.4, 0.5) is 0 Å². The fourth-order valence-electron chi connectivity index (χ4n) is 2.42. The fraction of sp³-hybridized carbons (Fsp3) is 0.533. The van der Waals surface area contributed by atoms with Crippen molar-refractivity contribution in [1.29, 1.82) is 0 Å². The van der Waals surface area contributed by atoms with Crippen molar-refractivity contribution in [3.63, 3.8) is 0 Å². The summed E-state index contributed by atoms with van der Waals surface area (Å²) in [6.07, 6.45) is 1.56. The van der Waals surface area contributed by atoms with Crippen LogP contribution in [-0.2, 0) is 11.2 Å². The Morgan fingerprint density at radius 2 is 1.79 bits per heavy atom. The molecule has 0 unspecified atom stereocenters. The number of nitrogens with zero attached hydrogens (tertiary/aromatic N) is 2. The lowest BCUT2D eigenvalue weighted by molar-refractivity contribution is -0.132. The van der Waals surface area contributed by atoms with Crippen molar-refractivity contribution < 1.29 is 4.79 Å². The summed E-state index contributed by atoms with van der Waals surface area (Å²) in [6, 6.07) is 9.95. The van der Waals surface area contributed by atoms with Crippen molar-refractivity contribution in [3.05, 3.63) is 35.9 Å². The van der Waals surface area contributed by atoms with E-state index in [-0.39, 0.29) is 5.91 Å². The predicted molar refractivity (Wildman–Crippen MR) is 76.8 cm³/mol. The highest BCUT2D eigenvalue weighted by Gasteiger charge is 2.20. The minimum atomic E-state index is 0.240. The molecule has 104 valence electrons. The summed E-state index contributed by atoms with van der Waals surface area (Å²) < 4.78 is 0. The second-order valence-electron chi connectivity index (χ2n) is 5.03. The third kappa shape index (κ3) is 4.33. The lowest BCUT2D eigenvalue weighted by atomic mass is 10.1. The van der Waals surface area contributed by atoms with Gasteiger partial charge in [-0.15, -0.1) is 0 Å². The Morgan fingerprint density at radius 3 is 2.42 bits per heavy atom. The van der Waals surface area contributed by atoms with E-state index < -0.39 is 0 Å². The zero-order chi connectivity index (χ0) is 13.5. The van der Waals surface area contributed by atoms with E-state index in [1.165, 1.54) is 0 Å². The lowest BCUT2D eigenvalue weighted by Crippen LogP contribution is -2.49. The van der Waals surface area contributed by atoms with Gasteiger partial charge in [0.2, 0.25) is 5.91 Å². The van der Waals surface area contributed by atoms with Crippen LogP contribution in [0.15, 0.2) is 30.3 Å². The van der Waals surface area contributed by atoms with Gasteiger partial charge < -0.3 is 10.6 Å². The average Bonchev–Trinajstić information content (AvgIpc) is 2.46. The number of rotatable bonds is 5. The molecule has 19 heavy (non-hydrogen) atoms. The van der Waals surface area contributed by atoms with Gasteiger partial charge in [-0.3, -0.25) is 9.69 Å². The van der Waals surface area contributed by atoms with Gasteiger partial charge in [-0.2, -0.15) is 0 Å². The fourth-order valence-corrected chi connectivity index (χ4v) is 2.42. The van der Waals surface area contributed by atoms with Crippen molar-refractivity contribution in [3.8, 4) is 0 Å². The summed E-state index contributed by atoms with van der Waals surface area (Å²) in [6.45, 7) is 5.43. The Bertz CT molecular complexity index is 386. The summed E-state index contributed by atoms with van der Waals surface area (Å²) in [5.41, 5.74) is 6.61. The van der Waals surface area contributed by atoms with Gasteiger partial charge in [0.15, 0.2) is 0 Å². The Labute approximate surface area is 115 Å². The number of piperazine rings is 1. The Hall–Kier alpha value is -1.39. The molecule has 1 amide bonds. The molecule has 1 aliphatic heterocycles. The van der Waals surface area contributed by atoms with E-state index in [0.717, 1.165) is 51.3 Å². The number of amides is 1. The second-order valence-corrected chi connectivity index (χ2v) is 5.03. The maximum Gasteiger partial charge on any atom is 0.227 e. The molecule has 1 aromatic carbocycles. The number of hydrogen-bond donors (Lipinski definition) is 1. The van der Waals surface area contributed by atoms with Crippen LogP contribution >= 0.6 is 0 Å². The van der Waals surface area contributed by atoms with E-state index in [1.807, 2.05) is 35.2 Å². The summed E-state index contributed by atoms with van der Waals surface area (Å²) in [5.74, 6) is 0.240. The molecule has 2 rings (SSSR count). The van der Waals surface area contributed by atoms with Gasteiger partial charge in [0.25, 0.3) is 0 Å². The Balaban J connectivity index is 1.76. The maximum atomic E-state index is 12.2. The molecular weight excluding hydrogens is 238 g/mol. The first-order valence-corrected chi connectivity index (χ1v) is 7.03. The molecule has 2 N–H and O–H groups in total. The van der Waals surface area contributed by atoms with Crippen LogP contribution in [0.25, 0.3) is 0 Å². The lowest BCUT2D eigenvalue weighted by Gasteiger charge is -2.34. The molecule has 0 spiro atoms. The minimum Gasteiger partial charge on any atom is -0.340 e. The van der Waals surface area contributed by atoms with Crippen LogP contribution in [0.2, 0.25) is 0 Å². The average molecular weight is 261 g/mol. The third-order valence-corrected chi connectivity index (χ3v) is 3.60. The molecule has 4 heteroatoms. The van der Waals surface area contributed by atoms with Crippen LogP contribution in [0.3, 0.4) is 0 Å². The van der Waals surface area contributed by atoms with Crippen molar-refractivity contribution in [2.75, 3.05) is 39.3 Å². The molecular formula is C15H23N3O. The summed E-state index contributed by atoms with van der Waals surface area (Å²) in [7, 11) is 0. The van der Waals surface area contributed by atoms with E-state index in [0.29, 0.717) is 6.42 Å². The Kier molecular flexibility index (Phi) is 5.36. The predicted octanol–water partition coefficient (Wildman–Crippen LogP) is 0.722. The number of carbonyl (C=O) groups excluding carboxylic acids is 1. The highest BCUT2D eigenvalue weighted by atomic mass is 16.2. The number of carbonyl (C=O) groups is 1. The summed E-state index contributed by atoms with van der Waals surface area (Å²) in [5, 5.41) is 0. The number of benzene rings is 1. The van der Waals surface area contributed by atoms with Gasteiger partial charge in [-0.25, -0.2) is 0 Å². The van der Waals surface area contributed by atoms with Crippen molar-refractivity contribution in [2.24, 2.45) is 5.73 Å². The molecule has 0 aliphatic carbocycles. The van der Waals surface area contributed by atoms with E-state index in [4.69, 9.17) is 5.73 Å². The van der Waals surface area contributed by atoms with Crippen LogP contribution in [-0.4, -0.2) is 55.0 Å². The van der Waals surface area contributed by atoms with E-state index in [2.05, 4.69) is 4.90 Å². The van der Waals surface area contributed by atoms with Crippen LogP contribution in [0.5, 0.6) is 0 Å². The molecule has 0 bridgehead atoms. The molecule has 1 saturated heterocycles. The topological polar surface area (TPSA) is 49.6 Å². The molecule has 0 radical (unpaired) electrons. The molecule has 0 aromatic heterocycles. The van der Waals surface area contributed by atoms with Crippen molar-refractivity contribution in [1.82, 2.24) is 9.80 Å². The van der Waals surface area contributed by atoms with Gasteiger partial charge in [0.1, 0.15) is 0 Å². The van der Waals surface area contributed by atoms with Crippen LogP contribution in [0.1, 0.15) is 12.0 Å². The van der Waals surface area contributed by atoms with Gasteiger partial charge in [-0.05, 0) is 25.1 Å². The van der Waals surface area contributed by atoms with Gasteiger partial charge >= 0.3 is 0 Å². The third-order valence-electron chi connectivity index (χ3n) is 3.60. The minimum absolute atomic E-state index is 0.240. The zero-order valence-corrected chi connectivity index (χ0v) is 11.4. The summed E-state index contributed by atoms with van der Waals surface area (Å²) >= 11 is 0. The molecule has 1 aromatic rings. The largest absolute Gasteiger partial charge is 0.340 e.